The van der Waals surface area contributed by atoms with Crippen molar-refractivity contribution in [2.24, 2.45) is 0 Å². The summed E-state index contributed by atoms with van der Waals surface area (Å²) in [6.45, 7) is 3.03. The summed E-state index contributed by atoms with van der Waals surface area (Å²) in [5.74, 6) is -1.40. The average Bonchev–Trinajstić information content (AvgIpc) is 3.09. The molecule has 0 aliphatic heterocycles. The van der Waals surface area contributed by atoms with Crippen molar-refractivity contribution in [3.05, 3.63) is 56.4 Å². The highest BCUT2D eigenvalue weighted by Gasteiger charge is 2.21. The molecule has 168 valence electrons. The van der Waals surface area contributed by atoms with E-state index in [2.05, 4.69) is 10.3 Å². The third-order valence-corrected chi connectivity index (χ3v) is 6.15. The van der Waals surface area contributed by atoms with Gasteiger partial charge in [-0.3, -0.25) is 19.0 Å². The standard InChI is InChI=1S/C21H21ClN4O5S/c1-4-31-21(30)18-12(2)17-19(32-18)23-11-26(20(17)29)10-16(28)25(3)9-15(27)24-14-8-6-5-7-13(14)22/h5-8,11H,4,9-10H2,1-3H3,(H,24,27). The van der Waals surface area contributed by atoms with Crippen LogP contribution in [0.15, 0.2) is 35.4 Å². The minimum atomic E-state index is -0.515. The molecule has 0 spiro atoms. The zero-order valence-corrected chi connectivity index (χ0v) is 19.2. The first kappa shape index (κ1) is 23.4. The molecule has 0 saturated heterocycles. The number of thiophene rings is 1. The maximum atomic E-state index is 12.9. The van der Waals surface area contributed by atoms with Gasteiger partial charge in [-0.1, -0.05) is 23.7 Å². The summed E-state index contributed by atoms with van der Waals surface area (Å²) in [7, 11) is 1.46. The van der Waals surface area contributed by atoms with Crippen LogP contribution in [0.1, 0.15) is 22.2 Å². The molecular weight excluding hydrogens is 456 g/mol. The van der Waals surface area contributed by atoms with E-state index in [-0.39, 0.29) is 25.1 Å². The zero-order valence-electron chi connectivity index (χ0n) is 17.7. The van der Waals surface area contributed by atoms with E-state index in [9.17, 15) is 19.2 Å². The number of nitrogens with zero attached hydrogens (tertiary/aromatic N) is 3. The van der Waals surface area contributed by atoms with Gasteiger partial charge in [-0.15, -0.1) is 11.3 Å². The fourth-order valence-corrected chi connectivity index (χ4v) is 4.20. The maximum absolute atomic E-state index is 12.9. The number of anilines is 1. The number of likely N-dealkylation sites (N-methyl/N-ethyl adjacent to an activating group) is 1. The van der Waals surface area contributed by atoms with Gasteiger partial charge in [0.05, 0.1) is 35.6 Å². The third kappa shape index (κ3) is 4.97. The largest absolute Gasteiger partial charge is 0.462 e. The molecule has 0 atom stereocenters. The van der Waals surface area contributed by atoms with Crippen molar-refractivity contribution in [1.82, 2.24) is 14.5 Å². The number of hydrogen-bond acceptors (Lipinski definition) is 7. The maximum Gasteiger partial charge on any atom is 0.348 e. The smallest absolute Gasteiger partial charge is 0.348 e. The topological polar surface area (TPSA) is 111 Å². The van der Waals surface area contributed by atoms with E-state index >= 15 is 0 Å². The van der Waals surface area contributed by atoms with Crippen LogP contribution in [-0.4, -0.2) is 52.4 Å². The van der Waals surface area contributed by atoms with Crippen molar-refractivity contribution in [3.63, 3.8) is 0 Å². The summed E-state index contributed by atoms with van der Waals surface area (Å²) in [5, 5.41) is 3.29. The van der Waals surface area contributed by atoms with E-state index in [0.29, 0.717) is 26.0 Å². The molecule has 2 heterocycles. The number of nitrogens with one attached hydrogen (secondary N) is 1. The lowest BCUT2D eigenvalue weighted by Gasteiger charge is -2.17. The van der Waals surface area contributed by atoms with Gasteiger partial charge in [0.25, 0.3) is 5.56 Å². The normalized spacial score (nSPS) is 10.8. The quantitative estimate of drug-likeness (QED) is 0.525. The molecule has 0 fully saturated rings. The second kappa shape index (κ2) is 9.92. The van der Waals surface area contributed by atoms with Crippen molar-refractivity contribution in [3.8, 4) is 0 Å². The lowest BCUT2D eigenvalue weighted by atomic mass is 10.2. The first-order valence-corrected chi connectivity index (χ1v) is 10.9. The second-order valence-electron chi connectivity index (χ2n) is 6.91. The van der Waals surface area contributed by atoms with E-state index in [1.165, 1.54) is 18.3 Å². The molecule has 9 nitrogen and oxygen atoms in total. The summed E-state index contributed by atoms with van der Waals surface area (Å²) in [5.41, 5.74) is 0.466. The van der Waals surface area contributed by atoms with E-state index in [1.54, 1.807) is 38.1 Å². The van der Waals surface area contributed by atoms with E-state index in [1.807, 2.05) is 0 Å². The molecule has 0 saturated carbocycles. The number of aromatic nitrogens is 2. The summed E-state index contributed by atoms with van der Waals surface area (Å²) >= 11 is 7.10. The van der Waals surface area contributed by atoms with Crippen molar-refractivity contribution < 1.29 is 19.1 Å². The third-order valence-electron chi connectivity index (χ3n) is 4.64. The number of aryl methyl sites for hydroxylation is 1. The highest BCUT2D eigenvalue weighted by molar-refractivity contribution is 7.20. The SMILES string of the molecule is CCOC(=O)c1sc2ncn(CC(=O)N(C)CC(=O)Nc3ccccc3Cl)c(=O)c2c1C. The van der Waals surface area contributed by atoms with E-state index in [4.69, 9.17) is 16.3 Å². The molecule has 0 unspecified atom stereocenters. The Morgan fingerprint density at radius 3 is 2.69 bits per heavy atom. The summed E-state index contributed by atoms with van der Waals surface area (Å²) in [4.78, 5) is 56.0. The van der Waals surface area contributed by atoms with Gasteiger partial charge in [-0.05, 0) is 31.5 Å². The summed E-state index contributed by atoms with van der Waals surface area (Å²) in [6, 6.07) is 6.75. The number of ether oxygens (including phenoxy) is 1. The Bertz CT molecular complexity index is 1250. The fraction of sp³-hybridized carbons (Fsp3) is 0.286. The first-order valence-electron chi connectivity index (χ1n) is 9.66. The molecule has 3 aromatic rings. The van der Waals surface area contributed by atoms with Crippen LogP contribution in [0.5, 0.6) is 0 Å². The minimum absolute atomic E-state index is 0.217. The number of fused-ring (bicyclic) bond motifs is 1. The molecule has 0 aliphatic rings. The fourth-order valence-electron chi connectivity index (χ4n) is 2.99. The van der Waals surface area contributed by atoms with Gasteiger partial charge in [0, 0.05) is 7.05 Å². The van der Waals surface area contributed by atoms with Gasteiger partial charge >= 0.3 is 5.97 Å². The molecule has 1 N–H and O–H groups in total. The predicted molar refractivity (Wildman–Crippen MR) is 122 cm³/mol. The van der Waals surface area contributed by atoms with Crippen LogP contribution < -0.4 is 10.9 Å². The molecule has 11 heteroatoms. The number of halogens is 1. The van der Waals surface area contributed by atoms with Crippen LogP contribution in [0.25, 0.3) is 10.2 Å². The minimum Gasteiger partial charge on any atom is -0.462 e. The lowest BCUT2D eigenvalue weighted by Crippen LogP contribution is -2.38. The number of rotatable bonds is 7. The molecule has 0 aliphatic carbocycles. The van der Waals surface area contributed by atoms with Crippen LogP contribution in [0, 0.1) is 6.92 Å². The zero-order chi connectivity index (χ0) is 23.4. The van der Waals surface area contributed by atoms with Crippen LogP contribution in [0.3, 0.4) is 0 Å². The number of para-hydroxylation sites is 1. The Balaban J connectivity index is 1.73. The van der Waals surface area contributed by atoms with E-state index < -0.39 is 23.3 Å². The van der Waals surface area contributed by atoms with Gasteiger partial charge < -0.3 is 15.0 Å². The Hall–Kier alpha value is -3.24. The van der Waals surface area contributed by atoms with Crippen LogP contribution in [0.2, 0.25) is 5.02 Å². The summed E-state index contributed by atoms with van der Waals surface area (Å²) in [6.07, 6.45) is 1.26. The van der Waals surface area contributed by atoms with Crippen LogP contribution in [-0.2, 0) is 20.9 Å². The van der Waals surface area contributed by atoms with Crippen molar-refractivity contribution in [1.29, 1.82) is 0 Å². The molecule has 2 amide bonds. The first-order chi connectivity index (χ1) is 15.2. The van der Waals surface area contributed by atoms with Crippen molar-refractivity contribution in [2.45, 2.75) is 20.4 Å². The molecular formula is C21H21ClN4O5S. The monoisotopic (exact) mass is 476 g/mol. The molecule has 1 aromatic carbocycles. The predicted octanol–water partition coefficient (Wildman–Crippen LogP) is 2.69. The number of carbonyl (C=O) groups excluding carboxylic acids is 3. The number of benzene rings is 1. The van der Waals surface area contributed by atoms with Gasteiger partial charge in [0.15, 0.2) is 0 Å². The van der Waals surface area contributed by atoms with Gasteiger partial charge in [-0.25, -0.2) is 9.78 Å². The van der Waals surface area contributed by atoms with Gasteiger partial charge in [-0.2, -0.15) is 0 Å². The number of amides is 2. The Kier molecular flexibility index (Phi) is 7.26. The number of carbonyl (C=O) groups is 3. The molecule has 2 aromatic heterocycles. The van der Waals surface area contributed by atoms with Crippen molar-refractivity contribution >= 4 is 56.6 Å². The van der Waals surface area contributed by atoms with Gasteiger partial charge in [0.1, 0.15) is 16.3 Å². The Labute approximate surface area is 192 Å². The highest BCUT2D eigenvalue weighted by atomic mass is 35.5. The van der Waals surface area contributed by atoms with Crippen LogP contribution >= 0.6 is 22.9 Å². The van der Waals surface area contributed by atoms with Gasteiger partial charge in [0.2, 0.25) is 11.8 Å². The molecule has 3 rings (SSSR count). The van der Waals surface area contributed by atoms with E-state index in [0.717, 1.165) is 15.9 Å². The summed E-state index contributed by atoms with van der Waals surface area (Å²) < 4.78 is 6.17. The lowest BCUT2D eigenvalue weighted by molar-refractivity contribution is -0.133. The number of hydrogen-bond donors (Lipinski definition) is 1. The number of esters is 1. The Morgan fingerprint density at radius 1 is 1.28 bits per heavy atom. The second-order valence-corrected chi connectivity index (χ2v) is 8.32. The molecule has 32 heavy (non-hydrogen) atoms. The van der Waals surface area contributed by atoms with Crippen molar-refractivity contribution in [2.75, 3.05) is 25.5 Å². The Morgan fingerprint density at radius 2 is 2.00 bits per heavy atom. The average molecular weight is 477 g/mol. The van der Waals surface area contributed by atoms with Crippen LogP contribution in [0.4, 0.5) is 5.69 Å². The highest BCUT2D eigenvalue weighted by Crippen LogP contribution is 2.27. The molecule has 0 bridgehead atoms. The molecule has 0 radical (unpaired) electrons.